The average Bonchev–Trinajstić information content (AvgIpc) is 2.84. The van der Waals surface area contributed by atoms with Crippen LogP contribution in [0.2, 0.25) is 0 Å². The van der Waals surface area contributed by atoms with Crippen molar-refractivity contribution in [2.24, 2.45) is 4.99 Å². The number of aliphatic imine (C=N–C) groups is 1. The van der Waals surface area contributed by atoms with Gasteiger partial charge in [0.1, 0.15) is 0 Å². The Hall–Kier alpha value is -2.41. The maximum absolute atomic E-state index is 4.57. The molecule has 0 spiro atoms. The molecule has 1 aliphatic carbocycles. The van der Waals surface area contributed by atoms with Crippen LogP contribution < -0.4 is 0 Å². The molecule has 1 nitrogen and oxygen atoms in total. The first kappa shape index (κ1) is 15.5. The Morgan fingerprint density at radius 1 is 0.913 bits per heavy atom. The van der Waals surface area contributed by atoms with E-state index in [9.17, 15) is 0 Å². The van der Waals surface area contributed by atoms with Gasteiger partial charge in [0.25, 0.3) is 0 Å². The van der Waals surface area contributed by atoms with Gasteiger partial charge in [0.15, 0.2) is 0 Å². The molecule has 0 amide bonds. The second kappa shape index (κ2) is 6.78. The molecule has 0 saturated heterocycles. The molecule has 0 bridgehead atoms. The summed E-state index contributed by atoms with van der Waals surface area (Å²) in [5.41, 5.74) is 8.07. The molecule has 1 aliphatic rings. The van der Waals surface area contributed by atoms with Crippen molar-refractivity contribution in [3.05, 3.63) is 88.5 Å². The third-order valence-corrected chi connectivity index (χ3v) is 4.76. The van der Waals surface area contributed by atoms with Crippen molar-refractivity contribution in [3.63, 3.8) is 0 Å². The second-order valence-electron chi connectivity index (χ2n) is 6.19. The fourth-order valence-electron chi connectivity index (χ4n) is 3.15. The van der Waals surface area contributed by atoms with Crippen LogP contribution >= 0.6 is 0 Å². The number of hydrogen-bond acceptors (Lipinski definition) is 1. The van der Waals surface area contributed by atoms with Crippen LogP contribution in [0, 0.1) is 0 Å². The van der Waals surface area contributed by atoms with Crippen LogP contribution in [-0.2, 0) is 6.42 Å². The number of allylic oxidation sites excluding steroid dienone is 4. The largest absolute Gasteiger partial charge is 0.261 e. The molecule has 23 heavy (non-hydrogen) atoms. The smallest absolute Gasteiger partial charge is 0.0625 e. The van der Waals surface area contributed by atoms with Crippen LogP contribution in [0.5, 0.6) is 0 Å². The average molecular weight is 301 g/mol. The van der Waals surface area contributed by atoms with Crippen LogP contribution in [0.1, 0.15) is 37.8 Å². The van der Waals surface area contributed by atoms with E-state index in [0.29, 0.717) is 5.92 Å². The minimum atomic E-state index is 0.413. The molecule has 1 atom stereocenters. The van der Waals surface area contributed by atoms with Gasteiger partial charge in [-0.25, -0.2) is 0 Å². The predicted molar refractivity (Wildman–Crippen MR) is 99.6 cm³/mol. The molecule has 2 aromatic rings. The molecule has 1 unspecified atom stereocenters. The summed E-state index contributed by atoms with van der Waals surface area (Å²) in [6.45, 7) is 6.68. The number of rotatable bonds is 4. The number of benzene rings is 2. The van der Waals surface area contributed by atoms with Crippen molar-refractivity contribution in [1.82, 2.24) is 0 Å². The highest BCUT2D eigenvalue weighted by molar-refractivity contribution is 5.67. The molecule has 0 N–H and O–H groups in total. The monoisotopic (exact) mass is 301 g/mol. The van der Waals surface area contributed by atoms with E-state index in [-0.39, 0.29) is 0 Å². The Morgan fingerprint density at radius 2 is 1.61 bits per heavy atom. The van der Waals surface area contributed by atoms with Crippen LogP contribution in [0.25, 0.3) is 0 Å². The van der Waals surface area contributed by atoms with Gasteiger partial charge in [0.05, 0.1) is 5.69 Å². The van der Waals surface area contributed by atoms with Gasteiger partial charge in [0.2, 0.25) is 0 Å². The first-order chi connectivity index (χ1) is 11.2. The van der Waals surface area contributed by atoms with Crippen molar-refractivity contribution >= 4 is 11.9 Å². The zero-order valence-corrected chi connectivity index (χ0v) is 14.1. The van der Waals surface area contributed by atoms with Gasteiger partial charge in [-0.1, -0.05) is 59.7 Å². The summed E-state index contributed by atoms with van der Waals surface area (Å²) in [6, 6.07) is 18.8. The van der Waals surface area contributed by atoms with Gasteiger partial charge in [0, 0.05) is 18.6 Å². The van der Waals surface area contributed by atoms with Crippen molar-refractivity contribution in [3.8, 4) is 0 Å². The molecule has 116 valence electrons. The lowest BCUT2D eigenvalue weighted by molar-refractivity contribution is 0.980. The van der Waals surface area contributed by atoms with Crippen LogP contribution in [0.3, 0.4) is 0 Å². The van der Waals surface area contributed by atoms with Crippen LogP contribution in [0.15, 0.2) is 82.4 Å². The van der Waals surface area contributed by atoms with E-state index in [1.165, 1.54) is 27.8 Å². The Bertz CT molecular complexity index is 779. The van der Waals surface area contributed by atoms with Crippen molar-refractivity contribution in [1.29, 1.82) is 0 Å². The zero-order valence-electron chi connectivity index (χ0n) is 14.1. The van der Waals surface area contributed by atoms with Crippen molar-refractivity contribution in [2.75, 3.05) is 0 Å². The summed E-state index contributed by atoms with van der Waals surface area (Å²) in [5, 5.41) is 0. The van der Waals surface area contributed by atoms with Crippen LogP contribution in [-0.4, -0.2) is 6.21 Å². The first-order valence-corrected chi connectivity index (χ1v) is 8.18. The Morgan fingerprint density at radius 3 is 2.30 bits per heavy atom. The van der Waals surface area contributed by atoms with Gasteiger partial charge in [-0.15, -0.1) is 0 Å². The van der Waals surface area contributed by atoms with Gasteiger partial charge >= 0.3 is 0 Å². The fraction of sp³-hybridized carbons (Fsp3) is 0.227. The number of para-hydroxylation sites is 1. The molecule has 0 aromatic heterocycles. The topological polar surface area (TPSA) is 12.4 Å². The maximum atomic E-state index is 4.57. The second-order valence-corrected chi connectivity index (χ2v) is 6.19. The molecule has 0 fully saturated rings. The molecule has 0 aliphatic heterocycles. The summed E-state index contributed by atoms with van der Waals surface area (Å²) in [5.74, 6) is 0.413. The van der Waals surface area contributed by atoms with Gasteiger partial charge in [-0.05, 0) is 49.6 Å². The third kappa shape index (κ3) is 3.34. The maximum Gasteiger partial charge on any atom is 0.0625 e. The minimum absolute atomic E-state index is 0.413. The molecule has 2 aromatic carbocycles. The summed E-state index contributed by atoms with van der Waals surface area (Å²) in [7, 11) is 0. The Balaban J connectivity index is 1.84. The summed E-state index contributed by atoms with van der Waals surface area (Å²) >= 11 is 0. The van der Waals surface area contributed by atoms with Gasteiger partial charge in [-0.2, -0.15) is 0 Å². The van der Waals surface area contributed by atoms with E-state index in [1.807, 2.05) is 36.5 Å². The quantitative estimate of drug-likeness (QED) is 0.613. The van der Waals surface area contributed by atoms with E-state index < -0.39 is 0 Å². The molecule has 0 radical (unpaired) electrons. The van der Waals surface area contributed by atoms with E-state index in [0.717, 1.165) is 12.1 Å². The fourth-order valence-corrected chi connectivity index (χ4v) is 3.15. The summed E-state index contributed by atoms with van der Waals surface area (Å²) in [6.07, 6.45) is 5.27. The standard InChI is InChI=1S/C22H23N/c1-16-15-22(18(3)17(16)2)21-12-8-7-9-19(21)13-14-23-20-10-5-4-6-11-20/h4-12,14-15,22H,13H2,1-3H3. The van der Waals surface area contributed by atoms with E-state index >= 15 is 0 Å². The molecule has 3 rings (SSSR count). The summed E-state index contributed by atoms with van der Waals surface area (Å²) < 4.78 is 0. The normalized spacial score (nSPS) is 17.9. The molecular weight excluding hydrogens is 278 g/mol. The van der Waals surface area contributed by atoms with Crippen molar-refractivity contribution in [2.45, 2.75) is 33.1 Å². The number of nitrogens with zero attached hydrogens (tertiary/aromatic N) is 1. The minimum Gasteiger partial charge on any atom is -0.261 e. The first-order valence-electron chi connectivity index (χ1n) is 8.18. The SMILES string of the molecule is CC1=CC(c2ccccc2CC=Nc2ccccc2)C(C)=C1C. The van der Waals surface area contributed by atoms with Crippen LogP contribution in [0.4, 0.5) is 5.69 Å². The van der Waals surface area contributed by atoms with Gasteiger partial charge < -0.3 is 0 Å². The third-order valence-electron chi connectivity index (χ3n) is 4.76. The predicted octanol–water partition coefficient (Wildman–Crippen LogP) is 6.01. The highest BCUT2D eigenvalue weighted by Crippen LogP contribution is 2.38. The summed E-state index contributed by atoms with van der Waals surface area (Å²) in [4.78, 5) is 4.57. The Kier molecular flexibility index (Phi) is 4.57. The number of hydrogen-bond donors (Lipinski definition) is 0. The highest BCUT2D eigenvalue weighted by Gasteiger charge is 2.21. The lowest BCUT2D eigenvalue weighted by atomic mass is 9.89. The van der Waals surface area contributed by atoms with Gasteiger partial charge in [-0.3, -0.25) is 4.99 Å². The molecule has 1 heteroatoms. The molecular formula is C22H23N. The molecule has 0 heterocycles. The lowest BCUT2D eigenvalue weighted by Gasteiger charge is -2.15. The van der Waals surface area contributed by atoms with E-state index in [1.54, 1.807) is 0 Å². The Labute approximate surface area is 139 Å². The highest BCUT2D eigenvalue weighted by atomic mass is 14.7. The zero-order chi connectivity index (χ0) is 16.2. The molecule has 0 saturated carbocycles. The van der Waals surface area contributed by atoms with Crippen molar-refractivity contribution < 1.29 is 0 Å². The lowest BCUT2D eigenvalue weighted by Crippen LogP contribution is -2.01. The van der Waals surface area contributed by atoms with E-state index in [2.05, 4.69) is 56.1 Å². The van der Waals surface area contributed by atoms with E-state index in [4.69, 9.17) is 0 Å².